The Labute approximate surface area is 134 Å². The Morgan fingerprint density at radius 3 is 2.46 bits per heavy atom. The Morgan fingerprint density at radius 2 is 1.88 bits per heavy atom. The number of alkyl halides is 3. The van der Waals surface area contributed by atoms with Crippen LogP contribution in [0.4, 0.5) is 30.6 Å². The van der Waals surface area contributed by atoms with Crippen molar-refractivity contribution in [3.63, 3.8) is 0 Å². The van der Waals surface area contributed by atoms with Crippen LogP contribution < -0.4 is 16.4 Å². The number of aromatic nitrogens is 2. The molecule has 0 radical (unpaired) electrons. The predicted molar refractivity (Wildman–Crippen MR) is 81.4 cm³/mol. The van der Waals surface area contributed by atoms with Crippen molar-refractivity contribution in [3.05, 3.63) is 41.6 Å². The molecule has 7 nitrogen and oxygen atoms in total. The molecule has 128 valence electrons. The van der Waals surface area contributed by atoms with Crippen LogP contribution in [-0.2, 0) is 6.18 Å². The third kappa shape index (κ3) is 4.56. The highest BCUT2D eigenvalue weighted by Crippen LogP contribution is 2.29. The first-order chi connectivity index (χ1) is 11.3. The van der Waals surface area contributed by atoms with Crippen LogP contribution in [0.3, 0.4) is 0 Å². The molecule has 24 heavy (non-hydrogen) atoms. The maximum atomic E-state index is 12.9. The number of amides is 1. The first kappa shape index (κ1) is 17.5. The number of nitrogens with one attached hydrogen (secondary N) is 2. The number of benzene rings is 1. The van der Waals surface area contributed by atoms with E-state index in [1.807, 2.05) is 0 Å². The summed E-state index contributed by atoms with van der Waals surface area (Å²) in [6.07, 6.45) is -4.71. The molecule has 1 amide bonds. The summed E-state index contributed by atoms with van der Waals surface area (Å²) in [6, 6.07) is 6.47. The topological polar surface area (TPSA) is 113 Å². The van der Waals surface area contributed by atoms with Crippen molar-refractivity contribution < 1.29 is 23.1 Å². The van der Waals surface area contributed by atoms with Gasteiger partial charge in [0.05, 0.1) is 6.61 Å². The lowest BCUT2D eigenvalue weighted by atomic mass is 10.2. The Hall–Kier alpha value is -2.88. The summed E-state index contributed by atoms with van der Waals surface area (Å²) in [7, 11) is 0. The molecule has 0 spiro atoms. The van der Waals surface area contributed by atoms with Crippen molar-refractivity contribution in [1.82, 2.24) is 9.97 Å². The average Bonchev–Trinajstić information content (AvgIpc) is 2.52. The monoisotopic (exact) mass is 341 g/mol. The van der Waals surface area contributed by atoms with E-state index in [0.29, 0.717) is 11.8 Å². The number of rotatable bonds is 5. The highest BCUT2D eigenvalue weighted by atomic mass is 19.4. The van der Waals surface area contributed by atoms with Crippen LogP contribution in [0.5, 0.6) is 0 Å². The molecule has 0 atom stereocenters. The molecule has 10 heteroatoms. The Balaban J connectivity index is 2.27. The van der Waals surface area contributed by atoms with Crippen LogP contribution in [0.1, 0.15) is 16.1 Å². The molecule has 0 aliphatic carbocycles. The summed E-state index contributed by atoms with van der Waals surface area (Å²) in [5, 5.41) is 13.4. The van der Waals surface area contributed by atoms with Gasteiger partial charge in [-0.05, 0) is 24.3 Å². The van der Waals surface area contributed by atoms with E-state index in [-0.39, 0.29) is 30.5 Å². The molecule has 1 aromatic carbocycles. The predicted octanol–water partition coefficient (Wildman–Crippen LogP) is 1.73. The van der Waals surface area contributed by atoms with Crippen molar-refractivity contribution in [1.29, 1.82) is 0 Å². The minimum Gasteiger partial charge on any atom is -0.399 e. The normalized spacial score (nSPS) is 11.2. The third-order valence-electron chi connectivity index (χ3n) is 2.83. The van der Waals surface area contributed by atoms with E-state index < -0.39 is 17.8 Å². The zero-order valence-corrected chi connectivity index (χ0v) is 12.3. The fourth-order valence-corrected chi connectivity index (χ4v) is 1.73. The van der Waals surface area contributed by atoms with Crippen molar-refractivity contribution in [2.75, 3.05) is 29.5 Å². The van der Waals surface area contributed by atoms with Gasteiger partial charge in [-0.25, -0.2) is 4.98 Å². The fourth-order valence-electron chi connectivity index (χ4n) is 1.73. The second-order valence-electron chi connectivity index (χ2n) is 4.69. The highest BCUT2D eigenvalue weighted by molar-refractivity contribution is 6.04. The van der Waals surface area contributed by atoms with Crippen molar-refractivity contribution in [2.24, 2.45) is 0 Å². The van der Waals surface area contributed by atoms with Crippen LogP contribution in [0, 0.1) is 0 Å². The number of hydrogen-bond acceptors (Lipinski definition) is 6. The van der Waals surface area contributed by atoms with Gasteiger partial charge in [-0.2, -0.15) is 18.2 Å². The Kier molecular flexibility index (Phi) is 5.19. The van der Waals surface area contributed by atoms with Gasteiger partial charge in [0.25, 0.3) is 5.91 Å². The molecular formula is C14H14F3N5O2. The van der Waals surface area contributed by atoms with E-state index in [4.69, 9.17) is 10.8 Å². The highest BCUT2D eigenvalue weighted by Gasteiger charge is 2.34. The second kappa shape index (κ2) is 7.13. The van der Waals surface area contributed by atoms with E-state index in [9.17, 15) is 18.0 Å². The number of carbonyl (C=O) groups is 1. The van der Waals surface area contributed by atoms with Gasteiger partial charge in [-0.15, -0.1) is 0 Å². The number of nitrogens with two attached hydrogens (primary N) is 1. The average molecular weight is 341 g/mol. The lowest BCUT2D eigenvalue weighted by molar-refractivity contribution is -0.141. The van der Waals surface area contributed by atoms with Crippen LogP contribution in [0.25, 0.3) is 0 Å². The summed E-state index contributed by atoms with van der Waals surface area (Å²) in [5.41, 5.74) is 4.95. The maximum absolute atomic E-state index is 12.9. The lowest BCUT2D eigenvalue weighted by Crippen LogP contribution is -2.18. The van der Waals surface area contributed by atoms with Crippen molar-refractivity contribution in [3.8, 4) is 0 Å². The van der Waals surface area contributed by atoms with E-state index in [2.05, 4.69) is 20.6 Å². The lowest BCUT2D eigenvalue weighted by Gasteiger charge is -2.12. The molecular weight excluding hydrogens is 327 g/mol. The van der Waals surface area contributed by atoms with Gasteiger partial charge in [0.1, 0.15) is 5.82 Å². The van der Waals surface area contributed by atoms with Crippen LogP contribution in [-0.4, -0.2) is 34.1 Å². The SMILES string of the molecule is Nc1ccc(C(=O)Nc2cc(C(F)(F)F)nc(NCCO)n2)cc1. The third-order valence-corrected chi connectivity index (χ3v) is 2.83. The van der Waals surface area contributed by atoms with Gasteiger partial charge in [0.2, 0.25) is 5.95 Å². The molecule has 0 saturated heterocycles. The first-order valence-corrected chi connectivity index (χ1v) is 6.77. The summed E-state index contributed by atoms with van der Waals surface area (Å²) < 4.78 is 38.6. The maximum Gasteiger partial charge on any atom is 0.433 e. The minimum absolute atomic E-state index is 0.0351. The number of nitrogen functional groups attached to an aromatic ring is 1. The van der Waals surface area contributed by atoms with Gasteiger partial charge >= 0.3 is 6.18 Å². The van der Waals surface area contributed by atoms with Gasteiger partial charge < -0.3 is 21.5 Å². The molecule has 0 aliphatic rings. The zero-order chi connectivity index (χ0) is 17.7. The van der Waals surface area contributed by atoms with Gasteiger partial charge in [0, 0.05) is 23.9 Å². The summed E-state index contributed by atoms with van der Waals surface area (Å²) in [4.78, 5) is 19.1. The standard InChI is InChI=1S/C14H14F3N5O2/c15-14(16,17)10-7-11(22-13(20-10)19-5-6-23)21-12(24)8-1-3-9(18)4-2-8/h1-4,7,23H,5-6,18H2,(H2,19,20,21,22,24). The number of halogens is 3. The molecule has 1 aromatic heterocycles. The van der Waals surface area contributed by atoms with Crippen molar-refractivity contribution >= 4 is 23.4 Å². The van der Waals surface area contributed by atoms with Gasteiger partial charge in [0.15, 0.2) is 5.69 Å². The molecule has 2 rings (SSSR count). The van der Waals surface area contributed by atoms with Crippen LogP contribution in [0.15, 0.2) is 30.3 Å². The van der Waals surface area contributed by atoms with Gasteiger partial charge in [-0.3, -0.25) is 4.79 Å². The number of aliphatic hydroxyl groups is 1. The molecule has 0 saturated carbocycles. The minimum atomic E-state index is -4.71. The molecule has 0 fully saturated rings. The summed E-state index contributed by atoms with van der Waals surface area (Å²) >= 11 is 0. The van der Waals surface area contributed by atoms with E-state index in [1.165, 1.54) is 24.3 Å². The van der Waals surface area contributed by atoms with E-state index in [0.717, 1.165) is 0 Å². The summed E-state index contributed by atoms with van der Waals surface area (Å²) in [5.74, 6) is -1.32. The van der Waals surface area contributed by atoms with Crippen LogP contribution >= 0.6 is 0 Å². The van der Waals surface area contributed by atoms with Crippen molar-refractivity contribution in [2.45, 2.75) is 6.18 Å². The number of carbonyl (C=O) groups excluding carboxylic acids is 1. The molecule has 2 aromatic rings. The molecule has 5 N–H and O–H groups in total. The molecule has 1 heterocycles. The second-order valence-corrected chi connectivity index (χ2v) is 4.69. The zero-order valence-electron chi connectivity index (χ0n) is 12.3. The van der Waals surface area contributed by atoms with E-state index in [1.54, 1.807) is 0 Å². The molecule has 0 bridgehead atoms. The molecule has 0 unspecified atom stereocenters. The summed E-state index contributed by atoms with van der Waals surface area (Å²) in [6.45, 7) is -0.348. The largest absolute Gasteiger partial charge is 0.433 e. The fraction of sp³-hybridized carbons (Fsp3) is 0.214. The first-order valence-electron chi connectivity index (χ1n) is 6.77. The number of anilines is 3. The quantitative estimate of drug-likeness (QED) is 0.616. The van der Waals surface area contributed by atoms with Gasteiger partial charge in [-0.1, -0.05) is 0 Å². The molecule has 0 aliphatic heterocycles. The van der Waals surface area contributed by atoms with Crippen LogP contribution in [0.2, 0.25) is 0 Å². The number of hydrogen-bond donors (Lipinski definition) is 4. The Bertz CT molecular complexity index is 719. The number of aliphatic hydroxyl groups excluding tert-OH is 1. The number of nitrogens with zero attached hydrogens (tertiary/aromatic N) is 2. The Morgan fingerprint density at radius 1 is 1.21 bits per heavy atom. The van der Waals surface area contributed by atoms with E-state index >= 15 is 0 Å². The smallest absolute Gasteiger partial charge is 0.399 e.